The van der Waals surface area contributed by atoms with Crippen LogP contribution in [0.3, 0.4) is 0 Å². The van der Waals surface area contributed by atoms with Crippen LogP contribution in [0, 0.1) is 6.92 Å². The predicted molar refractivity (Wildman–Crippen MR) is 77.3 cm³/mol. The van der Waals surface area contributed by atoms with Crippen molar-refractivity contribution in [3.8, 4) is 0 Å². The van der Waals surface area contributed by atoms with Crippen LogP contribution in [0.25, 0.3) is 0 Å². The van der Waals surface area contributed by atoms with E-state index in [1.807, 2.05) is 13.1 Å². The third kappa shape index (κ3) is 3.43. The molecule has 1 aromatic carbocycles. The smallest absolute Gasteiger partial charge is 0.103 e. The Labute approximate surface area is 116 Å². The molecule has 1 atom stereocenters. The molecule has 0 fully saturated rings. The van der Waals surface area contributed by atoms with Crippen molar-refractivity contribution in [2.45, 2.75) is 32.9 Å². The first-order chi connectivity index (χ1) is 8.69. The highest BCUT2D eigenvalue weighted by Gasteiger charge is 2.08. The molecule has 3 nitrogen and oxygen atoms in total. The van der Waals surface area contributed by atoms with Gasteiger partial charge in [0, 0.05) is 29.0 Å². The second kappa shape index (κ2) is 6.16. The molecule has 0 saturated carbocycles. The third-order valence-corrected chi connectivity index (χ3v) is 3.50. The zero-order valence-electron chi connectivity index (χ0n) is 10.7. The first-order valence-electron chi connectivity index (χ1n) is 6.18. The number of hydrogen-bond acceptors (Lipinski definition) is 2. The molecule has 96 valence electrons. The fourth-order valence-corrected chi connectivity index (χ4v) is 2.25. The Morgan fingerprint density at radius 3 is 2.61 bits per heavy atom. The summed E-state index contributed by atoms with van der Waals surface area (Å²) in [4.78, 5) is 7.44. The minimum absolute atomic E-state index is 0.377. The minimum Gasteiger partial charge on any atom is -0.345 e. The Morgan fingerprint density at radius 2 is 2.06 bits per heavy atom. The molecular weight excluding hydrogens is 290 g/mol. The summed E-state index contributed by atoms with van der Waals surface area (Å²) in [7, 11) is 0. The molecular formula is C14H18BrN3. The van der Waals surface area contributed by atoms with Crippen LogP contribution in [0.15, 0.2) is 34.9 Å². The van der Waals surface area contributed by atoms with Gasteiger partial charge in [0.25, 0.3) is 0 Å². The van der Waals surface area contributed by atoms with Gasteiger partial charge in [0.1, 0.15) is 5.82 Å². The number of rotatable bonds is 5. The average molecular weight is 308 g/mol. The van der Waals surface area contributed by atoms with Crippen molar-refractivity contribution in [2.24, 2.45) is 0 Å². The summed E-state index contributed by atoms with van der Waals surface area (Å²) in [6.07, 6.45) is 2.95. The van der Waals surface area contributed by atoms with Crippen LogP contribution in [0.4, 0.5) is 0 Å². The van der Waals surface area contributed by atoms with Crippen LogP contribution in [-0.4, -0.2) is 9.97 Å². The monoisotopic (exact) mass is 307 g/mol. The number of nitrogens with one attached hydrogen (secondary N) is 2. The number of aromatic amines is 1. The van der Waals surface area contributed by atoms with Gasteiger partial charge in [0.2, 0.25) is 0 Å². The summed E-state index contributed by atoms with van der Waals surface area (Å²) in [6.45, 7) is 4.98. The first-order valence-corrected chi connectivity index (χ1v) is 6.97. The largest absolute Gasteiger partial charge is 0.345 e. The molecule has 4 heteroatoms. The van der Waals surface area contributed by atoms with Gasteiger partial charge >= 0.3 is 0 Å². The SMILES string of the molecule is CCC(NCc1cnc(C)[nH]1)c1ccc(Br)cc1. The van der Waals surface area contributed by atoms with Crippen molar-refractivity contribution in [3.05, 3.63) is 52.0 Å². The number of imidazole rings is 1. The maximum atomic E-state index is 4.20. The standard InChI is InChI=1S/C14H18BrN3/c1-3-14(11-4-6-12(15)7-5-11)17-9-13-8-16-10(2)18-13/h4-8,14,17H,3,9H2,1-2H3,(H,16,18). The second-order valence-corrected chi connectivity index (χ2v) is 5.30. The van der Waals surface area contributed by atoms with Gasteiger partial charge in [-0.25, -0.2) is 4.98 Å². The van der Waals surface area contributed by atoms with Crippen molar-refractivity contribution >= 4 is 15.9 Å². The molecule has 1 unspecified atom stereocenters. The molecule has 0 amide bonds. The quantitative estimate of drug-likeness (QED) is 0.884. The molecule has 2 rings (SSSR count). The van der Waals surface area contributed by atoms with E-state index in [1.54, 1.807) is 0 Å². The summed E-state index contributed by atoms with van der Waals surface area (Å²) in [5.41, 5.74) is 2.44. The number of aryl methyl sites for hydroxylation is 1. The maximum absolute atomic E-state index is 4.20. The van der Waals surface area contributed by atoms with E-state index in [0.29, 0.717) is 6.04 Å². The fraction of sp³-hybridized carbons (Fsp3) is 0.357. The van der Waals surface area contributed by atoms with Gasteiger partial charge in [-0.1, -0.05) is 35.0 Å². The van der Waals surface area contributed by atoms with Gasteiger partial charge in [0.05, 0.1) is 0 Å². The van der Waals surface area contributed by atoms with E-state index in [0.717, 1.165) is 29.0 Å². The van der Waals surface area contributed by atoms with Gasteiger partial charge in [-0.3, -0.25) is 0 Å². The molecule has 0 radical (unpaired) electrons. The number of halogens is 1. The molecule has 0 spiro atoms. The highest BCUT2D eigenvalue weighted by Crippen LogP contribution is 2.19. The first kappa shape index (κ1) is 13.3. The Morgan fingerprint density at radius 1 is 1.33 bits per heavy atom. The summed E-state index contributed by atoms with van der Waals surface area (Å²) >= 11 is 3.46. The van der Waals surface area contributed by atoms with Crippen LogP contribution < -0.4 is 5.32 Å². The van der Waals surface area contributed by atoms with Crippen LogP contribution in [0.1, 0.15) is 36.5 Å². The molecule has 0 aliphatic carbocycles. The molecule has 1 aromatic heterocycles. The lowest BCUT2D eigenvalue weighted by atomic mass is 10.0. The van der Waals surface area contributed by atoms with Gasteiger partial charge < -0.3 is 10.3 Å². The highest BCUT2D eigenvalue weighted by molar-refractivity contribution is 9.10. The molecule has 0 aliphatic heterocycles. The lowest BCUT2D eigenvalue weighted by Gasteiger charge is -2.17. The minimum atomic E-state index is 0.377. The van der Waals surface area contributed by atoms with Gasteiger partial charge in [-0.2, -0.15) is 0 Å². The summed E-state index contributed by atoms with van der Waals surface area (Å²) in [5, 5.41) is 3.55. The average Bonchev–Trinajstić information content (AvgIpc) is 2.78. The molecule has 18 heavy (non-hydrogen) atoms. The van der Waals surface area contributed by atoms with Gasteiger partial charge in [-0.05, 0) is 31.0 Å². The Balaban J connectivity index is 1.99. The normalized spacial score (nSPS) is 12.6. The van der Waals surface area contributed by atoms with Gasteiger partial charge in [0.15, 0.2) is 0 Å². The summed E-state index contributed by atoms with van der Waals surface area (Å²) in [6, 6.07) is 8.86. The Kier molecular flexibility index (Phi) is 4.55. The van der Waals surface area contributed by atoms with E-state index in [-0.39, 0.29) is 0 Å². The van der Waals surface area contributed by atoms with Crippen molar-refractivity contribution in [1.82, 2.24) is 15.3 Å². The van der Waals surface area contributed by atoms with Crippen LogP contribution in [-0.2, 0) is 6.54 Å². The van der Waals surface area contributed by atoms with E-state index < -0.39 is 0 Å². The number of benzene rings is 1. The summed E-state index contributed by atoms with van der Waals surface area (Å²) < 4.78 is 1.12. The van der Waals surface area contributed by atoms with Crippen molar-refractivity contribution in [1.29, 1.82) is 0 Å². The number of aromatic nitrogens is 2. The van der Waals surface area contributed by atoms with Crippen LogP contribution in [0.5, 0.6) is 0 Å². The molecule has 2 N–H and O–H groups in total. The van der Waals surface area contributed by atoms with Crippen molar-refractivity contribution < 1.29 is 0 Å². The lowest BCUT2D eigenvalue weighted by Crippen LogP contribution is -2.20. The van der Waals surface area contributed by atoms with Crippen molar-refractivity contribution in [2.75, 3.05) is 0 Å². The van der Waals surface area contributed by atoms with Gasteiger partial charge in [-0.15, -0.1) is 0 Å². The zero-order chi connectivity index (χ0) is 13.0. The molecule has 2 aromatic rings. The van der Waals surface area contributed by atoms with Crippen LogP contribution >= 0.6 is 15.9 Å². The lowest BCUT2D eigenvalue weighted by molar-refractivity contribution is 0.515. The van der Waals surface area contributed by atoms with E-state index in [9.17, 15) is 0 Å². The fourth-order valence-electron chi connectivity index (χ4n) is 1.99. The number of hydrogen-bond donors (Lipinski definition) is 2. The molecule has 0 bridgehead atoms. The molecule has 0 aliphatic rings. The second-order valence-electron chi connectivity index (χ2n) is 4.39. The Hall–Kier alpha value is -1.13. The van der Waals surface area contributed by atoms with Crippen LogP contribution in [0.2, 0.25) is 0 Å². The maximum Gasteiger partial charge on any atom is 0.103 e. The number of nitrogens with zero attached hydrogens (tertiary/aromatic N) is 1. The van der Waals surface area contributed by atoms with E-state index in [2.05, 4.69) is 62.4 Å². The van der Waals surface area contributed by atoms with Crippen molar-refractivity contribution in [3.63, 3.8) is 0 Å². The Bertz CT molecular complexity index is 490. The topological polar surface area (TPSA) is 40.7 Å². The highest BCUT2D eigenvalue weighted by atomic mass is 79.9. The third-order valence-electron chi connectivity index (χ3n) is 2.98. The van der Waals surface area contributed by atoms with E-state index in [1.165, 1.54) is 5.56 Å². The molecule has 1 heterocycles. The molecule has 0 saturated heterocycles. The zero-order valence-corrected chi connectivity index (χ0v) is 12.3. The van der Waals surface area contributed by atoms with E-state index >= 15 is 0 Å². The van der Waals surface area contributed by atoms with E-state index in [4.69, 9.17) is 0 Å². The summed E-state index contributed by atoms with van der Waals surface area (Å²) in [5.74, 6) is 0.962. The number of H-pyrrole nitrogens is 1. The predicted octanol–water partition coefficient (Wildman–Crippen LogP) is 3.72.